The minimum Gasteiger partial charge on any atom is -0.476 e. The molecule has 20 heavy (non-hydrogen) atoms. The first kappa shape index (κ1) is 13.1. The zero-order valence-electron chi connectivity index (χ0n) is 10.4. The fraction of sp³-hybridized carbons (Fsp3) is 0.308. The number of nitrogens with zero attached hydrogens (tertiary/aromatic N) is 3. The first-order valence-electron chi connectivity index (χ1n) is 6.17. The molecule has 1 aliphatic rings. The van der Waals surface area contributed by atoms with Gasteiger partial charge in [-0.15, -0.1) is 5.10 Å². The molecule has 0 atom stereocenters. The number of carboxylic acids is 1. The monoisotopic (exact) mass is 295 g/mol. The lowest BCUT2D eigenvalue weighted by atomic mass is 10.2. The van der Waals surface area contributed by atoms with Crippen LogP contribution in [0.3, 0.4) is 0 Å². The summed E-state index contributed by atoms with van der Waals surface area (Å²) in [6.45, 7) is 0.283. The van der Waals surface area contributed by atoms with Gasteiger partial charge in [0.05, 0.1) is 12.2 Å². The largest absolute Gasteiger partial charge is 0.476 e. The Hall–Kier alpha value is -1.95. The minimum atomic E-state index is -1.08. The third kappa shape index (κ3) is 2.38. The van der Waals surface area contributed by atoms with E-state index in [9.17, 15) is 9.18 Å². The van der Waals surface area contributed by atoms with E-state index in [1.807, 2.05) is 0 Å². The molecule has 0 radical (unpaired) electrons. The van der Waals surface area contributed by atoms with Crippen molar-refractivity contribution >= 4 is 17.6 Å². The Morgan fingerprint density at radius 2 is 2.25 bits per heavy atom. The van der Waals surface area contributed by atoms with Gasteiger partial charge in [-0.25, -0.2) is 13.9 Å². The van der Waals surface area contributed by atoms with E-state index in [1.165, 1.54) is 12.1 Å². The van der Waals surface area contributed by atoms with Gasteiger partial charge in [-0.3, -0.25) is 0 Å². The molecule has 1 aromatic carbocycles. The number of hydrogen-bond donors (Lipinski definition) is 1. The number of carboxylic acid groups (broad SMARTS) is 1. The molecule has 1 aliphatic carbocycles. The number of rotatable bonds is 4. The predicted molar refractivity (Wildman–Crippen MR) is 69.5 cm³/mol. The molecule has 1 N–H and O–H groups in total. The van der Waals surface area contributed by atoms with Gasteiger partial charge in [0.25, 0.3) is 0 Å². The van der Waals surface area contributed by atoms with Crippen LogP contribution in [0.1, 0.15) is 40.5 Å². The van der Waals surface area contributed by atoms with Crippen LogP contribution in [0.2, 0.25) is 5.02 Å². The van der Waals surface area contributed by atoms with E-state index in [4.69, 9.17) is 16.7 Å². The van der Waals surface area contributed by atoms with Gasteiger partial charge in [0.1, 0.15) is 5.82 Å². The van der Waals surface area contributed by atoms with Crippen LogP contribution < -0.4 is 0 Å². The maximum Gasteiger partial charge on any atom is 0.358 e. The van der Waals surface area contributed by atoms with E-state index in [0.717, 1.165) is 12.8 Å². The molecule has 2 aromatic rings. The number of halogens is 2. The van der Waals surface area contributed by atoms with E-state index in [1.54, 1.807) is 10.7 Å². The first-order chi connectivity index (χ1) is 9.56. The van der Waals surface area contributed by atoms with Crippen LogP contribution in [-0.4, -0.2) is 26.1 Å². The van der Waals surface area contributed by atoms with Gasteiger partial charge in [0.15, 0.2) is 5.69 Å². The molecular formula is C13H11ClFN3O2. The lowest BCUT2D eigenvalue weighted by Gasteiger charge is -2.08. The fourth-order valence-corrected chi connectivity index (χ4v) is 2.39. The molecule has 5 nitrogen and oxygen atoms in total. The molecule has 0 saturated heterocycles. The van der Waals surface area contributed by atoms with E-state index in [0.29, 0.717) is 16.3 Å². The molecule has 104 valence electrons. The van der Waals surface area contributed by atoms with Crippen LogP contribution in [-0.2, 0) is 6.54 Å². The second-order valence-electron chi connectivity index (χ2n) is 4.80. The van der Waals surface area contributed by atoms with Gasteiger partial charge in [-0.1, -0.05) is 22.9 Å². The Balaban J connectivity index is 1.96. The minimum absolute atomic E-state index is 0.00858. The highest BCUT2D eigenvalue weighted by atomic mass is 35.5. The maximum absolute atomic E-state index is 13.0. The Morgan fingerprint density at radius 1 is 1.50 bits per heavy atom. The predicted octanol–water partition coefficient (Wildman–Crippen LogP) is 2.69. The molecule has 1 saturated carbocycles. The van der Waals surface area contributed by atoms with Crippen molar-refractivity contribution in [2.45, 2.75) is 25.3 Å². The summed E-state index contributed by atoms with van der Waals surface area (Å²) in [7, 11) is 0. The van der Waals surface area contributed by atoms with Crippen LogP contribution in [0.15, 0.2) is 18.2 Å². The number of aromatic carboxylic acids is 1. The fourth-order valence-electron chi connectivity index (χ4n) is 2.16. The van der Waals surface area contributed by atoms with E-state index < -0.39 is 11.8 Å². The summed E-state index contributed by atoms with van der Waals surface area (Å²) in [6, 6.07) is 4.10. The summed E-state index contributed by atoms with van der Waals surface area (Å²) in [5, 5.41) is 17.0. The smallest absolute Gasteiger partial charge is 0.358 e. The highest BCUT2D eigenvalue weighted by Gasteiger charge is 2.33. The van der Waals surface area contributed by atoms with E-state index in [-0.39, 0.29) is 18.2 Å². The molecule has 3 rings (SSSR count). The molecule has 0 amide bonds. The molecule has 1 heterocycles. The van der Waals surface area contributed by atoms with E-state index >= 15 is 0 Å². The van der Waals surface area contributed by atoms with Crippen LogP contribution in [0, 0.1) is 5.82 Å². The van der Waals surface area contributed by atoms with Crippen molar-refractivity contribution in [3.05, 3.63) is 46.0 Å². The van der Waals surface area contributed by atoms with Gasteiger partial charge in [-0.05, 0) is 30.5 Å². The number of aromatic nitrogens is 3. The number of benzene rings is 1. The summed E-state index contributed by atoms with van der Waals surface area (Å²) in [5.41, 5.74) is 1.29. The van der Waals surface area contributed by atoms with Gasteiger partial charge in [-0.2, -0.15) is 0 Å². The zero-order chi connectivity index (χ0) is 14.3. The number of hydrogen-bond acceptors (Lipinski definition) is 3. The number of carbonyl (C=O) groups is 1. The Kier molecular flexibility index (Phi) is 3.17. The third-order valence-electron chi connectivity index (χ3n) is 3.28. The van der Waals surface area contributed by atoms with Gasteiger partial charge in [0, 0.05) is 10.9 Å². The van der Waals surface area contributed by atoms with Crippen molar-refractivity contribution in [2.75, 3.05) is 0 Å². The molecule has 0 aliphatic heterocycles. The standard InChI is InChI=1S/C13H11ClFN3O2/c14-10-5-9(15)4-3-8(10)6-18-12(7-1-2-7)11(13(19)20)16-17-18/h3-5,7H,1-2,6H2,(H,19,20). The van der Waals surface area contributed by atoms with Crippen molar-refractivity contribution in [3.63, 3.8) is 0 Å². The molecule has 0 spiro atoms. The van der Waals surface area contributed by atoms with Crippen molar-refractivity contribution in [3.8, 4) is 0 Å². The second-order valence-corrected chi connectivity index (χ2v) is 5.20. The van der Waals surface area contributed by atoms with Crippen molar-refractivity contribution in [2.24, 2.45) is 0 Å². The summed E-state index contributed by atoms with van der Waals surface area (Å²) >= 11 is 5.98. The Labute approximate surface area is 119 Å². The zero-order valence-corrected chi connectivity index (χ0v) is 11.1. The normalized spacial score (nSPS) is 14.5. The molecule has 0 unspecified atom stereocenters. The van der Waals surface area contributed by atoms with Gasteiger partial charge >= 0.3 is 5.97 Å². The summed E-state index contributed by atoms with van der Waals surface area (Å²) in [4.78, 5) is 11.1. The van der Waals surface area contributed by atoms with Crippen LogP contribution in [0.25, 0.3) is 0 Å². The van der Waals surface area contributed by atoms with Crippen LogP contribution in [0.5, 0.6) is 0 Å². The van der Waals surface area contributed by atoms with Gasteiger partial charge in [0.2, 0.25) is 0 Å². The summed E-state index contributed by atoms with van der Waals surface area (Å²) in [6.07, 6.45) is 1.87. The maximum atomic E-state index is 13.0. The molecule has 0 bridgehead atoms. The Bertz CT molecular complexity index is 682. The van der Waals surface area contributed by atoms with E-state index in [2.05, 4.69) is 10.3 Å². The average Bonchev–Trinajstić information content (AvgIpc) is 3.13. The lowest BCUT2D eigenvalue weighted by molar-refractivity contribution is 0.0689. The molecule has 7 heteroatoms. The Morgan fingerprint density at radius 3 is 2.85 bits per heavy atom. The van der Waals surface area contributed by atoms with Crippen LogP contribution >= 0.6 is 11.6 Å². The molecular weight excluding hydrogens is 285 g/mol. The van der Waals surface area contributed by atoms with Crippen molar-refractivity contribution in [1.29, 1.82) is 0 Å². The topological polar surface area (TPSA) is 68.0 Å². The summed E-state index contributed by atoms with van der Waals surface area (Å²) < 4.78 is 14.6. The quantitative estimate of drug-likeness (QED) is 0.941. The van der Waals surface area contributed by atoms with Crippen LogP contribution in [0.4, 0.5) is 4.39 Å². The lowest BCUT2D eigenvalue weighted by Crippen LogP contribution is -2.09. The highest BCUT2D eigenvalue weighted by Crippen LogP contribution is 2.41. The van der Waals surface area contributed by atoms with Gasteiger partial charge < -0.3 is 5.11 Å². The molecule has 1 aromatic heterocycles. The van der Waals surface area contributed by atoms with Crippen molar-refractivity contribution in [1.82, 2.24) is 15.0 Å². The van der Waals surface area contributed by atoms with Crippen molar-refractivity contribution < 1.29 is 14.3 Å². The molecule has 1 fully saturated rings. The first-order valence-corrected chi connectivity index (χ1v) is 6.54. The average molecular weight is 296 g/mol. The SMILES string of the molecule is O=C(O)c1nnn(Cc2ccc(F)cc2Cl)c1C1CC1. The summed E-state index contributed by atoms with van der Waals surface area (Å²) in [5.74, 6) is -1.30. The highest BCUT2D eigenvalue weighted by molar-refractivity contribution is 6.31. The third-order valence-corrected chi connectivity index (χ3v) is 3.63. The second kappa shape index (κ2) is 4.86.